The molecule has 0 heterocycles. The van der Waals surface area contributed by atoms with Gasteiger partial charge in [0.15, 0.2) is 8.32 Å². The van der Waals surface area contributed by atoms with Crippen molar-refractivity contribution in [2.75, 3.05) is 0 Å². The van der Waals surface area contributed by atoms with Crippen LogP contribution in [0.4, 0.5) is 0 Å². The van der Waals surface area contributed by atoms with Crippen LogP contribution < -0.4 is 0 Å². The highest BCUT2D eigenvalue weighted by molar-refractivity contribution is 6.75. The van der Waals surface area contributed by atoms with Crippen LogP contribution in [0.25, 0.3) is 0 Å². The van der Waals surface area contributed by atoms with Gasteiger partial charge in [-0.3, -0.25) is 0 Å². The summed E-state index contributed by atoms with van der Waals surface area (Å²) in [6, 6.07) is 8.27. The second-order valence-corrected chi connectivity index (χ2v) is 9.32. The van der Waals surface area contributed by atoms with E-state index < -0.39 is 8.32 Å². The molecule has 0 spiro atoms. The Balaban J connectivity index is 2.68. The predicted octanol–water partition coefficient (Wildman–Crippen LogP) is 2.46. The van der Waals surface area contributed by atoms with Gasteiger partial charge >= 0.3 is 0 Å². The Labute approximate surface area is 94.7 Å². The van der Waals surface area contributed by atoms with E-state index in [0.717, 1.165) is 11.6 Å². The van der Waals surface area contributed by atoms with E-state index in [-0.39, 0.29) is 0 Å². The van der Waals surface area contributed by atoms with Crippen LogP contribution in [0.5, 0.6) is 5.75 Å². The second kappa shape index (κ2) is 5.30. The number of rotatable bonds is 5. The highest BCUT2D eigenvalue weighted by Crippen LogP contribution is 2.21. The summed E-state index contributed by atoms with van der Waals surface area (Å²) >= 11 is 0. The summed E-state index contributed by atoms with van der Waals surface area (Å²) in [5.74, 6) is 0.364. The quantitative estimate of drug-likeness (QED) is 0.796. The Kier molecular flexibility index (Phi) is 4.32. The maximum Gasteiger partial charge on any atom is 0.247 e. The molecule has 4 heteroatoms. The summed E-state index contributed by atoms with van der Waals surface area (Å²) in [5.41, 5.74) is 2.77. The molecular weight excluding hydrogens is 220 g/mol. The Hall–Kier alpha value is -0.846. The highest BCUT2D eigenvalue weighted by atomic mass is 28.4. The minimum atomic E-state index is -1.72. The first-order valence-corrected chi connectivity index (χ1v) is 8.96. The third-order valence-electron chi connectivity index (χ3n) is 2.03. The van der Waals surface area contributed by atoms with Crippen molar-refractivity contribution in [1.82, 2.24) is 0 Å². The van der Waals surface area contributed by atoms with E-state index in [1.165, 1.54) is 0 Å². The zero-order chi connectivity index (χ0) is 11.3. The monoisotopic (exact) mass is 236 g/mol. The molecule has 1 rings (SSSR count). The van der Waals surface area contributed by atoms with Gasteiger partial charge in [0.1, 0.15) is 5.75 Å². The molecule has 2 nitrogen and oxygen atoms in total. The van der Waals surface area contributed by atoms with Crippen LogP contribution in [0.2, 0.25) is 13.1 Å². The topological polar surface area (TPSA) is 29.5 Å². The number of aromatic hydroxyl groups is 1. The summed E-state index contributed by atoms with van der Waals surface area (Å²) in [6.07, 6.45) is 0. The number of phenols is 1. The van der Waals surface area contributed by atoms with Crippen LogP contribution in [0.15, 0.2) is 36.5 Å². The molecular formula is C11H16O2Si2. The third-order valence-corrected chi connectivity index (χ3v) is 6.11. The first kappa shape index (κ1) is 12.2. The summed E-state index contributed by atoms with van der Waals surface area (Å²) < 4.78 is 5.78. The Morgan fingerprint density at radius 1 is 1.47 bits per heavy atom. The molecule has 0 unspecified atom stereocenters. The van der Waals surface area contributed by atoms with Crippen LogP contribution in [0, 0.1) is 0 Å². The number of hydrogen-bond acceptors (Lipinski definition) is 2. The van der Waals surface area contributed by atoms with Crippen molar-refractivity contribution >= 4 is 18.1 Å². The van der Waals surface area contributed by atoms with E-state index in [1.807, 2.05) is 18.2 Å². The van der Waals surface area contributed by atoms with Crippen LogP contribution in [0.3, 0.4) is 0 Å². The average Bonchev–Trinajstić information content (AvgIpc) is 2.18. The van der Waals surface area contributed by atoms with Gasteiger partial charge in [-0.2, -0.15) is 0 Å². The van der Waals surface area contributed by atoms with Gasteiger partial charge in [-0.15, -0.1) is 6.58 Å². The van der Waals surface area contributed by atoms with Gasteiger partial charge in [0.25, 0.3) is 0 Å². The minimum absolute atomic E-state index is 0.359. The molecule has 0 aromatic heterocycles. The summed E-state index contributed by atoms with van der Waals surface area (Å²) in [4.78, 5) is 0. The van der Waals surface area contributed by atoms with Crippen molar-refractivity contribution < 1.29 is 9.22 Å². The normalized spacial score (nSPS) is 11.3. The van der Waals surface area contributed by atoms with Crippen molar-refractivity contribution in [2.45, 2.75) is 19.1 Å². The Bertz CT molecular complexity index is 337. The van der Waals surface area contributed by atoms with Gasteiger partial charge in [-0.05, 0) is 30.8 Å². The van der Waals surface area contributed by atoms with Crippen LogP contribution in [-0.4, -0.2) is 23.2 Å². The van der Waals surface area contributed by atoms with E-state index >= 15 is 0 Å². The fourth-order valence-corrected chi connectivity index (χ4v) is 4.47. The molecule has 0 atom stereocenters. The first-order chi connectivity index (χ1) is 7.05. The Morgan fingerprint density at radius 2 is 2.13 bits per heavy atom. The van der Waals surface area contributed by atoms with E-state index in [2.05, 4.69) is 19.7 Å². The zero-order valence-corrected chi connectivity index (χ0v) is 11.2. The molecule has 0 aliphatic rings. The lowest BCUT2D eigenvalue weighted by Crippen LogP contribution is -2.35. The lowest BCUT2D eigenvalue weighted by Gasteiger charge is -2.22. The highest BCUT2D eigenvalue weighted by Gasteiger charge is 2.23. The van der Waals surface area contributed by atoms with Crippen molar-refractivity contribution in [3.63, 3.8) is 0 Å². The van der Waals surface area contributed by atoms with Gasteiger partial charge in [0.05, 0.1) is 0 Å². The van der Waals surface area contributed by atoms with Gasteiger partial charge in [0, 0.05) is 0 Å². The van der Waals surface area contributed by atoms with Gasteiger partial charge in [-0.25, -0.2) is 0 Å². The number of para-hydroxylation sites is 1. The van der Waals surface area contributed by atoms with Gasteiger partial charge in [0.2, 0.25) is 9.76 Å². The maximum absolute atomic E-state index is 9.65. The van der Waals surface area contributed by atoms with Crippen LogP contribution in [-0.2, 0) is 10.2 Å². The smallest absolute Gasteiger partial charge is 0.247 e. The Morgan fingerprint density at radius 3 is 2.73 bits per heavy atom. The second-order valence-electron chi connectivity index (χ2n) is 3.99. The molecule has 0 aliphatic carbocycles. The van der Waals surface area contributed by atoms with Crippen molar-refractivity contribution in [2.24, 2.45) is 0 Å². The first-order valence-electron chi connectivity index (χ1n) is 4.86. The maximum atomic E-state index is 9.65. The minimum Gasteiger partial charge on any atom is -0.508 e. The number of phenolic OH excluding ortho intramolecular Hbond substituents is 1. The zero-order valence-electron chi connectivity index (χ0n) is 9.16. The molecule has 0 amide bonds. The predicted molar refractivity (Wildman–Crippen MR) is 66.3 cm³/mol. The number of hydrogen-bond donors (Lipinski definition) is 1. The number of benzene rings is 1. The van der Waals surface area contributed by atoms with Crippen LogP contribution in [0.1, 0.15) is 5.56 Å². The van der Waals surface area contributed by atoms with E-state index in [0.29, 0.717) is 15.5 Å². The summed E-state index contributed by atoms with van der Waals surface area (Å²) in [7, 11) is -1.36. The molecule has 1 aromatic rings. The fourth-order valence-electron chi connectivity index (χ4n) is 1.36. The van der Waals surface area contributed by atoms with Crippen LogP contribution >= 0.6 is 0 Å². The van der Waals surface area contributed by atoms with E-state index in [9.17, 15) is 5.11 Å². The van der Waals surface area contributed by atoms with Crippen molar-refractivity contribution in [3.05, 3.63) is 42.1 Å². The fraction of sp³-hybridized carbons (Fsp3) is 0.273. The van der Waals surface area contributed by atoms with E-state index in [1.54, 1.807) is 11.8 Å². The molecule has 2 radical (unpaired) electrons. The lowest BCUT2D eigenvalue weighted by atomic mass is 10.2. The average molecular weight is 236 g/mol. The van der Waals surface area contributed by atoms with E-state index in [4.69, 9.17) is 4.12 Å². The lowest BCUT2D eigenvalue weighted by molar-refractivity contribution is 0.468. The van der Waals surface area contributed by atoms with Crippen molar-refractivity contribution in [3.8, 4) is 5.75 Å². The molecule has 80 valence electrons. The third kappa shape index (κ3) is 4.03. The molecule has 0 saturated heterocycles. The molecule has 0 fully saturated rings. The molecule has 15 heavy (non-hydrogen) atoms. The summed E-state index contributed by atoms with van der Waals surface area (Å²) in [6.45, 7) is 7.95. The molecule has 1 N–H and O–H groups in total. The SMILES string of the molecule is C=C[Si]O[Si](C)(C)Cc1ccccc1O. The molecule has 0 saturated carbocycles. The standard InChI is InChI=1S/C11H16O2Si2/c1-4-14-13-15(2,3)9-10-7-5-6-8-11(10)12/h4-8,12H,1,9H2,2-3H3. The molecule has 1 aromatic carbocycles. The van der Waals surface area contributed by atoms with Gasteiger partial charge in [-0.1, -0.05) is 23.9 Å². The molecule has 0 aliphatic heterocycles. The van der Waals surface area contributed by atoms with Gasteiger partial charge < -0.3 is 9.22 Å². The van der Waals surface area contributed by atoms with Crippen molar-refractivity contribution in [1.29, 1.82) is 0 Å². The molecule has 0 bridgehead atoms. The largest absolute Gasteiger partial charge is 0.508 e. The summed E-state index contributed by atoms with van der Waals surface area (Å²) in [5, 5.41) is 9.65.